The third-order valence-corrected chi connectivity index (χ3v) is 7.70. The van der Waals surface area contributed by atoms with Crippen molar-refractivity contribution >= 4 is 13.9 Å². The van der Waals surface area contributed by atoms with Gasteiger partial charge >= 0.3 is 0 Å². The van der Waals surface area contributed by atoms with Crippen molar-refractivity contribution in [3.63, 3.8) is 0 Å². The third kappa shape index (κ3) is 6.38. The van der Waals surface area contributed by atoms with Crippen LogP contribution < -0.4 is 0 Å². The van der Waals surface area contributed by atoms with Crippen LogP contribution >= 0.6 is 0 Å². The Morgan fingerprint density at radius 2 is 1.78 bits per heavy atom. The monoisotopic (exact) mass is 460 g/mol. The van der Waals surface area contributed by atoms with Gasteiger partial charge in [0, 0.05) is 14.0 Å². The second-order valence-corrected chi connectivity index (χ2v) is 16.6. The van der Waals surface area contributed by atoms with Crippen LogP contribution in [0.5, 0.6) is 0 Å². The molecule has 0 unspecified atom stereocenters. The molecule has 0 saturated carbocycles. The fraction of sp³-hybridized carbons (Fsp3) is 0.654. The maximum atomic E-state index is 12.7. The molecule has 6 heteroatoms. The quantitative estimate of drug-likeness (QED) is 0.366. The van der Waals surface area contributed by atoms with Crippen molar-refractivity contribution in [2.45, 2.75) is 103 Å². The van der Waals surface area contributed by atoms with Gasteiger partial charge < -0.3 is 18.9 Å². The summed E-state index contributed by atoms with van der Waals surface area (Å²) >= 11 is 0. The van der Waals surface area contributed by atoms with Crippen molar-refractivity contribution in [1.82, 2.24) is 0 Å². The normalized spacial score (nSPS) is 30.5. The van der Waals surface area contributed by atoms with Gasteiger partial charge in [0.25, 0.3) is 0 Å². The summed E-state index contributed by atoms with van der Waals surface area (Å²) < 4.78 is 25.3. The Labute approximate surface area is 194 Å². The molecule has 0 amide bonds. The van der Waals surface area contributed by atoms with E-state index < -0.39 is 26.1 Å². The molecule has 0 N–H and O–H groups in total. The number of fused-ring (bicyclic) bond motifs is 1. The highest BCUT2D eigenvalue weighted by atomic mass is 28.3. The minimum Gasteiger partial charge on any atom is -0.368 e. The number of carbonyl (C=O) groups excluding carboxylic acids is 1. The van der Waals surface area contributed by atoms with Gasteiger partial charge in [0.05, 0.1) is 24.9 Å². The molecule has 2 saturated heterocycles. The van der Waals surface area contributed by atoms with E-state index in [1.54, 1.807) is 6.92 Å². The molecule has 2 heterocycles. The largest absolute Gasteiger partial charge is 0.368 e. The minimum absolute atomic E-state index is 0.0333. The average molecular weight is 461 g/mol. The molecule has 0 aromatic heterocycles. The van der Waals surface area contributed by atoms with Crippen LogP contribution in [-0.2, 0) is 30.3 Å². The van der Waals surface area contributed by atoms with Crippen LogP contribution in [-0.4, -0.2) is 50.2 Å². The van der Waals surface area contributed by atoms with E-state index in [4.69, 9.17) is 18.9 Å². The van der Waals surface area contributed by atoms with Crippen LogP contribution in [0, 0.1) is 5.92 Å². The summed E-state index contributed by atoms with van der Waals surface area (Å²) in [6.07, 6.45) is -0.913. The van der Waals surface area contributed by atoms with Crippen LogP contribution in [0.4, 0.5) is 0 Å². The molecule has 32 heavy (non-hydrogen) atoms. The van der Waals surface area contributed by atoms with Crippen LogP contribution in [0.15, 0.2) is 42.5 Å². The van der Waals surface area contributed by atoms with E-state index in [0.717, 1.165) is 11.6 Å². The summed E-state index contributed by atoms with van der Waals surface area (Å²) in [6, 6.07) is 10.9. The molecule has 2 fully saturated rings. The highest BCUT2D eigenvalue weighted by Crippen LogP contribution is 2.43. The van der Waals surface area contributed by atoms with E-state index in [2.05, 4.69) is 33.1 Å². The molecule has 178 valence electrons. The number of hydrogen-bond donors (Lipinski definition) is 0. The molecular formula is C26H40O5Si. The summed E-state index contributed by atoms with van der Waals surface area (Å²) in [5.74, 6) is -0.765. The zero-order chi connectivity index (χ0) is 23.7. The topological polar surface area (TPSA) is 54.0 Å². The molecule has 0 spiro atoms. The van der Waals surface area contributed by atoms with Gasteiger partial charge in [-0.25, -0.2) is 0 Å². The van der Waals surface area contributed by atoms with E-state index in [-0.39, 0.29) is 30.0 Å². The van der Waals surface area contributed by atoms with Gasteiger partial charge in [-0.1, -0.05) is 62.5 Å². The summed E-state index contributed by atoms with van der Waals surface area (Å²) in [5.41, 5.74) is 2.21. The van der Waals surface area contributed by atoms with E-state index in [1.807, 2.05) is 44.2 Å². The number of carbonyl (C=O) groups is 1. The number of Topliss-reactive ketones (excluding diaryl/α,β-unsaturated/α-hetero) is 1. The number of ketones is 1. The maximum Gasteiger partial charge on any atom is 0.163 e. The van der Waals surface area contributed by atoms with E-state index in [0.29, 0.717) is 13.0 Å². The molecule has 5 nitrogen and oxygen atoms in total. The number of hydrogen-bond acceptors (Lipinski definition) is 5. The Bertz CT molecular complexity index is 800. The molecule has 1 aromatic carbocycles. The summed E-state index contributed by atoms with van der Waals surface area (Å²) in [7, 11) is -1.29. The highest BCUT2D eigenvalue weighted by Gasteiger charge is 2.55. The zero-order valence-corrected chi connectivity index (χ0v) is 21.7. The van der Waals surface area contributed by atoms with Crippen molar-refractivity contribution in [3.8, 4) is 0 Å². The number of benzene rings is 1. The lowest BCUT2D eigenvalue weighted by atomic mass is 9.83. The lowest BCUT2D eigenvalue weighted by Gasteiger charge is -2.44. The average Bonchev–Trinajstić information content (AvgIpc) is 3.00. The molecule has 0 aliphatic carbocycles. The third-order valence-electron chi connectivity index (χ3n) is 6.14. The van der Waals surface area contributed by atoms with Gasteiger partial charge in [-0.15, -0.1) is 6.58 Å². The molecule has 1 aromatic rings. The van der Waals surface area contributed by atoms with Crippen molar-refractivity contribution in [1.29, 1.82) is 0 Å². The van der Waals surface area contributed by atoms with E-state index >= 15 is 0 Å². The Hall–Kier alpha value is -1.31. The van der Waals surface area contributed by atoms with Gasteiger partial charge in [-0.05, 0) is 38.8 Å². The van der Waals surface area contributed by atoms with Crippen molar-refractivity contribution in [2.75, 3.05) is 0 Å². The van der Waals surface area contributed by atoms with Crippen molar-refractivity contribution in [2.24, 2.45) is 5.92 Å². The number of rotatable bonds is 9. The molecule has 0 radical (unpaired) electrons. The molecule has 6 atom stereocenters. The second-order valence-electron chi connectivity index (χ2n) is 11.1. The first-order chi connectivity index (χ1) is 14.9. The first-order valence-corrected chi connectivity index (χ1v) is 15.4. The van der Waals surface area contributed by atoms with Gasteiger partial charge in [0.15, 0.2) is 11.6 Å². The summed E-state index contributed by atoms with van der Waals surface area (Å²) in [5, 5.41) is 0. The van der Waals surface area contributed by atoms with Crippen LogP contribution in [0.25, 0.3) is 0 Å². The first kappa shape index (κ1) is 25.3. The first-order valence-electron chi connectivity index (χ1n) is 11.7. The van der Waals surface area contributed by atoms with Crippen LogP contribution in [0.3, 0.4) is 0 Å². The second kappa shape index (κ2) is 9.90. The van der Waals surface area contributed by atoms with E-state index in [9.17, 15) is 4.79 Å². The predicted molar refractivity (Wildman–Crippen MR) is 129 cm³/mol. The van der Waals surface area contributed by atoms with Gasteiger partial charge in [-0.2, -0.15) is 0 Å². The van der Waals surface area contributed by atoms with Crippen molar-refractivity contribution < 1.29 is 23.7 Å². The smallest absolute Gasteiger partial charge is 0.163 e. The fourth-order valence-corrected chi connectivity index (χ4v) is 6.57. The zero-order valence-electron chi connectivity index (χ0n) is 20.7. The Kier molecular flexibility index (Phi) is 7.83. The SMILES string of the molecule is C=C(C[C@H]1O[C@@H]([C@@H](OCc2ccccc2)C(C)=O)[C@H](C)[C@H]2OC(C)(C)O[C@@H]21)C[Si](C)(C)C. The lowest BCUT2D eigenvalue weighted by molar-refractivity contribution is -0.199. The van der Waals surface area contributed by atoms with Gasteiger partial charge in [0.2, 0.25) is 0 Å². The molecule has 0 bridgehead atoms. The maximum absolute atomic E-state index is 12.7. The van der Waals surface area contributed by atoms with Crippen molar-refractivity contribution in [3.05, 3.63) is 48.0 Å². The highest BCUT2D eigenvalue weighted by molar-refractivity contribution is 6.76. The molecule has 2 aliphatic heterocycles. The molecular weight excluding hydrogens is 420 g/mol. The Morgan fingerprint density at radius 1 is 1.16 bits per heavy atom. The van der Waals surface area contributed by atoms with Gasteiger partial charge in [-0.3, -0.25) is 4.79 Å². The van der Waals surface area contributed by atoms with Crippen LogP contribution in [0.1, 0.15) is 39.7 Å². The molecule has 3 rings (SSSR count). The molecule has 2 aliphatic rings. The lowest BCUT2D eigenvalue weighted by Crippen LogP contribution is -2.57. The van der Waals surface area contributed by atoms with E-state index in [1.165, 1.54) is 5.57 Å². The van der Waals surface area contributed by atoms with Crippen LogP contribution in [0.2, 0.25) is 25.7 Å². The summed E-state index contributed by atoms with van der Waals surface area (Å²) in [6.45, 7) is 19.3. The Balaban J connectivity index is 1.80. The Morgan fingerprint density at radius 3 is 2.38 bits per heavy atom. The fourth-order valence-electron chi connectivity index (χ4n) is 4.92. The van der Waals surface area contributed by atoms with Gasteiger partial charge in [0.1, 0.15) is 12.2 Å². The predicted octanol–water partition coefficient (Wildman–Crippen LogP) is 5.37. The minimum atomic E-state index is -1.29. The standard InChI is InChI=1S/C26H40O5Si/c1-17(16-32(6,7)8)14-21-25-23(30-26(4,5)31-25)18(2)22(29-21)24(19(3)27)28-15-20-12-10-9-11-13-20/h9-13,18,21-25H,1,14-16H2,2-8H3/t18-,21+,22+,23+,24-,25+/m0/s1. The number of ether oxygens (including phenoxy) is 4. The summed E-state index contributed by atoms with van der Waals surface area (Å²) in [4.78, 5) is 12.7.